The van der Waals surface area contributed by atoms with E-state index in [1.165, 1.54) is 0 Å². The molecule has 2 heterocycles. The van der Waals surface area contributed by atoms with Crippen molar-refractivity contribution in [3.8, 4) is 5.75 Å². The van der Waals surface area contributed by atoms with Crippen molar-refractivity contribution in [2.24, 2.45) is 0 Å². The third-order valence-electron chi connectivity index (χ3n) is 3.46. The quantitative estimate of drug-likeness (QED) is 0.781. The lowest BCUT2D eigenvalue weighted by molar-refractivity contribution is 0.343. The molecule has 0 fully saturated rings. The highest BCUT2D eigenvalue weighted by molar-refractivity contribution is 5.84. The van der Waals surface area contributed by atoms with Crippen LogP contribution in [0.3, 0.4) is 0 Å². The first-order chi connectivity index (χ1) is 10.2. The van der Waals surface area contributed by atoms with E-state index in [4.69, 9.17) is 10.5 Å². The van der Waals surface area contributed by atoms with Gasteiger partial charge in [-0.25, -0.2) is 4.98 Å². The van der Waals surface area contributed by atoms with Gasteiger partial charge in [0.2, 0.25) is 5.95 Å². The second-order valence-corrected chi connectivity index (χ2v) is 4.97. The van der Waals surface area contributed by atoms with Crippen LogP contribution in [-0.2, 0) is 6.54 Å². The van der Waals surface area contributed by atoms with Crippen molar-refractivity contribution >= 4 is 17.0 Å². The molecule has 0 aliphatic rings. The molecule has 1 aromatic carbocycles. The minimum Gasteiger partial charge on any atom is -0.492 e. The maximum atomic E-state index is 6.11. The Morgan fingerprint density at radius 2 is 2.19 bits per heavy atom. The van der Waals surface area contributed by atoms with E-state index >= 15 is 0 Å². The molecule has 0 radical (unpaired) electrons. The smallest absolute Gasteiger partial charge is 0.201 e. The highest BCUT2D eigenvalue weighted by atomic mass is 16.5. The van der Waals surface area contributed by atoms with Crippen LogP contribution in [0.5, 0.6) is 5.75 Å². The summed E-state index contributed by atoms with van der Waals surface area (Å²) in [6, 6.07) is 7.95. The second-order valence-electron chi connectivity index (χ2n) is 4.97. The first kappa shape index (κ1) is 13.5. The minimum atomic E-state index is 0.145. The molecule has 2 aromatic heterocycles. The molecule has 6 nitrogen and oxygen atoms in total. The van der Waals surface area contributed by atoms with Gasteiger partial charge >= 0.3 is 0 Å². The normalized spacial score (nSPS) is 12.7. The summed E-state index contributed by atoms with van der Waals surface area (Å²) in [6.45, 7) is 5.41. The van der Waals surface area contributed by atoms with Gasteiger partial charge in [0.15, 0.2) is 0 Å². The van der Waals surface area contributed by atoms with Gasteiger partial charge in [-0.2, -0.15) is 5.10 Å². The Kier molecular flexibility index (Phi) is 3.51. The van der Waals surface area contributed by atoms with Crippen molar-refractivity contribution in [1.29, 1.82) is 0 Å². The summed E-state index contributed by atoms with van der Waals surface area (Å²) < 4.78 is 9.54. The molecule has 0 saturated carbocycles. The van der Waals surface area contributed by atoms with Crippen molar-refractivity contribution in [2.45, 2.75) is 26.4 Å². The van der Waals surface area contributed by atoms with Crippen LogP contribution in [-0.4, -0.2) is 25.9 Å². The van der Waals surface area contributed by atoms with E-state index in [9.17, 15) is 0 Å². The number of anilines is 1. The van der Waals surface area contributed by atoms with Crippen LogP contribution in [0.4, 0.5) is 5.95 Å². The SMILES string of the molecule is CCOc1cccc2c1nc(N)n2C(C)Cn1cccn1. The molecule has 0 amide bonds. The van der Waals surface area contributed by atoms with Gasteiger partial charge in [0.05, 0.1) is 24.7 Å². The van der Waals surface area contributed by atoms with E-state index in [2.05, 4.69) is 17.0 Å². The van der Waals surface area contributed by atoms with Gasteiger partial charge in [-0.05, 0) is 32.0 Å². The maximum Gasteiger partial charge on any atom is 0.201 e. The van der Waals surface area contributed by atoms with Crippen LogP contribution >= 0.6 is 0 Å². The monoisotopic (exact) mass is 285 g/mol. The predicted octanol–water partition coefficient (Wildman–Crippen LogP) is 2.47. The molecule has 21 heavy (non-hydrogen) atoms. The number of hydrogen-bond donors (Lipinski definition) is 1. The standard InChI is InChI=1S/C15H19N5O/c1-3-21-13-7-4-6-12-14(13)18-15(16)20(12)11(2)10-19-9-5-8-17-19/h4-9,11H,3,10H2,1-2H3,(H2,16,18). The van der Waals surface area contributed by atoms with E-state index in [-0.39, 0.29) is 6.04 Å². The number of imidazole rings is 1. The van der Waals surface area contributed by atoms with Crippen LogP contribution < -0.4 is 10.5 Å². The Morgan fingerprint density at radius 3 is 2.90 bits per heavy atom. The summed E-state index contributed by atoms with van der Waals surface area (Å²) >= 11 is 0. The Morgan fingerprint density at radius 1 is 1.33 bits per heavy atom. The third kappa shape index (κ3) is 2.44. The van der Waals surface area contributed by atoms with Gasteiger partial charge in [-0.1, -0.05) is 6.07 Å². The fraction of sp³-hybridized carbons (Fsp3) is 0.333. The largest absolute Gasteiger partial charge is 0.492 e. The fourth-order valence-corrected chi connectivity index (χ4v) is 2.61. The van der Waals surface area contributed by atoms with E-state index in [1.54, 1.807) is 6.20 Å². The van der Waals surface area contributed by atoms with Crippen LogP contribution in [0.25, 0.3) is 11.0 Å². The van der Waals surface area contributed by atoms with Gasteiger partial charge in [-0.3, -0.25) is 4.68 Å². The zero-order chi connectivity index (χ0) is 14.8. The Hall–Kier alpha value is -2.50. The molecule has 3 aromatic rings. The summed E-state index contributed by atoms with van der Waals surface area (Å²) in [5.41, 5.74) is 7.91. The van der Waals surface area contributed by atoms with E-state index < -0.39 is 0 Å². The molecule has 6 heteroatoms. The number of benzene rings is 1. The molecule has 0 aliphatic carbocycles. The third-order valence-corrected chi connectivity index (χ3v) is 3.46. The van der Waals surface area contributed by atoms with Crippen molar-refractivity contribution in [3.05, 3.63) is 36.7 Å². The van der Waals surface area contributed by atoms with Crippen LogP contribution in [0.15, 0.2) is 36.7 Å². The van der Waals surface area contributed by atoms with Gasteiger partial charge in [0, 0.05) is 12.4 Å². The number of nitrogen functional groups attached to an aromatic ring is 1. The summed E-state index contributed by atoms with van der Waals surface area (Å²) in [7, 11) is 0. The zero-order valence-corrected chi connectivity index (χ0v) is 12.2. The molecule has 1 atom stereocenters. The molecule has 0 saturated heterocycles. The molecule has 2 N–H and O–H groups in total. The van der Waals surface area contributed by atoms with E-state index in [1.807, 2.05) is 46.6 Å². The molecule has 3 rings (SSSR count). The number of rotatable bonds is 5. The predicted molar refractivity (Wildman–Crippen MR) is 82.3 cm³/mol. The summed E-state index contributed by atoms with van der Waals surface area (Å²) in [6.07, 6.45) is 3.72. The highest BCUT2D eigenvalue weighted by Gasteiger charge is 2.17. The lowest BCUT2D eigenvalue weighted by Crippen LogP contribution is -2.15. The van der Waals surface area contributed by atoms with Crippen LogP contribution in [0.1, 0.15) is 19.9 Å². The van der Waals surface area contributed by atoms with E-state index in [0.29, 0.717) is 12.6 Å². The Balaban J connectivity index is 2.01. The first-order valence-corrected chi connectivity index (χ1v) is 7.07. The molecular formula is C15H19N5O. The number of ether oxygens (including phenoxy) is 1. The van der Waals surface area contributed by atoms with Crippen molar-refractivity contribution in [3.63, 3.8) is 0 Å². The lowest BCUT2D eigenvalue weighted by atomic mass is 10.2. The molecule has 0 aliphatic heterocycles. The Labute approximate surface area is 123 Å². The van der Waals surface area contributed by atoms with Gasteiger partial charge in [-0.15, -0.1) is 0 Å². The van der Waals surface area contributed by atoms with Crippen LogP contribution in [0, 0.1) is 0 Å². The van der Waals surface area contributed by atoms with Crippen LogP contribution in [0.2, 0.25) is 0 Å². The minimum absolute atomic E-state index is 0.145. The van der Waals surface area contributed by atoms with Crippen molar-refractivity contribution in [1.82, 2.24) is 19.3 Å². The molecule has 110 valence electrons. The summed E-state index contributed by atoms with van der Waals surface area (Å²) in [4.78, 5) is 4.47. The van der Waals surface area contributed by atoms with Gasteiger partial charge in [0.25, 0.3) is 0 Å². The number of para-hydroxylation sites is 1. The topological polar surface area (TPSA) is 70.9 Å². The summed E-state index contributed by atoms with van der Waals surface area (Å²) in [5.74, 6) is 1.27. The fourth-order valence-electron chi connectivity index (χ4n) is 2.61. The molecule has 0 spiro atoms. The maximum absolute atomic E-state index is 6.11. The number of aromatic nitrogens is 4. The number of nitrogens with zero attached hydrogens (tertiary/aromatic N) is 4. The van der Waals surface area contributed by atoms with Crippen molar-refractivity contribution < 1.29 is 4.74 Å². The molecular weight excluding hydrogens is 266 g/mol. The average Bonchev–Trinajstić information content (AvgIpc) is 3.06. The highest BCUT2D eigenvalue weighted by Crippen LogP contribution is 2.30. The molecule has 0 bridgehead atoms. The van der Waals surface area contributed by atoms with Crippen molar-refractivity contribution in [2.75, 3.05) is 12.3 Å². The first-order valence-electron chi connectivity index (χ1n) is 7.07. The lowest BCUT2D eigenvalue weighted by Gasteiger charge is -2.16. The average molecular weight is 285 g/mol. The Bertz CT molecular complexity index is 732. The van der Waals surface area contributed by atoms with Gasteiger partial charge < -0.3 is 15.0 Å². The molecule has 1 unspecified atom stereocenters. The van der Waals surface area contributed by atoms with E-state index in [0.717, 1.165) is 23.3 Å². The number of nitrogens with two attached hydrogens (primary N) is 1. The zero-order valence-electron chi connectivity index (χ0n) is 12.2. The second kappa shape index (κ2) is 5.47. The number of fused-ring (bicyclic) bond motifs is 1. The number of hydrogen-bond acceptors (Lipinski definition) is 4. The van der Waals surface area contributed by atoms with Gasteiger partial charge in [0.1, 0.15) is 11.3 Å². The summed E-state index contributed by atoms with van der Waals surface area (Å²) in [5, 5.41) is 4.24.